The van der Waals surface area contributed by atoms with Gasteiger partial charge in [-0.25, -0.2) is 9.67 Å². The van der Waals surface area contributed by atoms with Crippen molar-refractivity contribution >= 4 is 22.7 Å². The van der Waals surface area contributed by atoms with Crippen LogP contribution in [0.4, 0.5) is 0 Å². The van der Waals surface area contributed by atoms with Gasteiger partial charge in [0, 0.05) is 13.1 Å². The summed E-state index contributed by atoms with van der Waals surface area (Å²) in [5.41, 5.74) is 0.744. The number of thioether (sulfide) groups is 1. The third kappa shape index (κ3) is 3.89. The van der Waals surface area contributed by atoms with Gasteiger partial charge in [0.05, 0.1) is 16.7 Å². The first kappa shape index (κ1) is 17.6. The highest BCUT2D eigenvalue weighted by Gasteiger charge is 2.13. The van der Waals surface area contributed by atoms with E-state index in [0.717, 1.165) is 42.3 Å². The normalized spacial score (nSPS) is 11.3. The summed E-state index contributed by atoms with van der Waals surface area (Å²) < 4.78 is 3.59. The molecular weight excluding hydrogens is 336 g/mol. The Kier molecular flexibility index (Phi) is 5.80. The predicted molar refractivity (Wildman–Crippen MR) is 98.6 cm³/mol. The second-order valence-electron chi connectivity index (χ2n) is 5.83. The minimum Gasteiger partial charge on any atom is -0.287 e. The SMILES string of the molecule is CCCCn1nnnc1CSc1nc2ccccc2c(=O)n1CCC. The van der Waals surface area contributed by atoms with Crippen LogP contribution < -0.4 is 5.56 Å². The average molecular weight is 358 g/mol. The van der Waals surface area contributed by atoms with Gasteiger partial charge in [-0.3, -0.25) is 9.36 Å². The van der Waals surface area contributed by atoms with Gasteiger partial charge < -0.3 is 0 Å². The minimum atomic E-state index is 0.0144. The maximum Gasteiger partial charge on any atom is 0.262 e. The third-order valence-corrected chi connectivity index (χ3v) is 4.91. The van der Waals surface area contributed by atoms with Crippen molar-refractivity contribution < 1.29 is 0 Å². The van der Waals surface area contributed by atoms with E-state index in [2.05, 4.69) is 29.4 Å². The molecule has 2 aromatic heterocycles. The molecule has 2 heterocycles. The fourth-order valence-corrected chi connectivity index (χ4v) is 3.57. The number of hydrogen-bond acceptors (Lipinski definition) is 6. The molecule has 0 aliphatic heterocycles. The highest BCUT2D eigenvalue weighted by Crippen LogP contribution is 2.21. The molecule has 0 unspecified atom stereocenters. The maximum atomic E-state index is 12.8. The first-order valence-corrected chi connectivity index (χ1v) is 9.60. The molecule has 25 heavy (non-hydrogen) atoms. The Bertz CT molecular complexity index is 904. The number of aryl methyl sites for hydroxylation is 1. The summed E-state index contributed by atoms with van der Waals surface area (Å²) in [6, 6.07) is 7.48. The predicted octanol–water partition coefficient (Wildman–Crippen LogP) is 2.89. The van der Waals surface area contributed by atoms with Crippen LogP contribution in [0.15, 0.2) is 34.2 Å². The van der Waals surface area contributed by atoms with E-state index in [0.29, 0.717) is 17.7 Å². The summed E-state index contributed by atoms with van der Waals surface area (Å²) in [4.78, 5) is 17.5. The lowest BCUT2D eigenvalue weighted by Crippen LogP contribution is -2.23. The van der Waals surface area contributed by atoms with Gasteiger partial charge in [-0.15, -0.1) is 5.10 Å². The molecule has 0 fully saturated rings. The van der Waals surface area contributed by atoms with Crippen molar-refractivity contribution in [2.24, 2.45) is 0 Å². The molecule has 0 atom stereocenters. The Balaban J connectivity index is 1.89. The van der Waals surface area contributed by atoms with E-state index in [9.17, 15) is 4.79 Å². The number of unbranched alkanes of at least 4 members (excludes halogenated alkanes) is 1. The van der Waals surface area contributed by atoms with Crippen molar-refractivity contribution in [1.29, 1.82) is 0 Å². The van der Waals surface area contributed by atoms with E-state index in [-0.39, 0.29) is 5.56 Å². The second-order valence-corrected chi connectivity index (χ2v) is 6.77. The number of nitrogens with zero attached hydrogens (tertiary/aromatic N) is 6. The first-order chi connectivity index (χ1) is 12.2. The van der Waals surface area contributed by atoms with Gasteiger partial charge >= 0.3 is 0 Å². The average Bonchev–Trinajstić information content (AvgIpc) is 3.08. The number of rotatable bonds is 8. The van der Waals surface area contributed by atoms with Crippen molar-refractivity contribution in [3.8, 4) is 0 Å². The van der Waals surface area contributed by atoms with Gasteiger partial charge in [-0.05, 0) is 35.4 Å². The summed E-state index contributed by atoms with van der Waals surface area (Å²) in [7, 11) is 0. The van der Waals surface area contributed by atoms with Crippen molar-refractivity contribution in [2.45, 2.75) is 57.1 Å². The van der Waals surface area contributed by atoms with Crippen molar-refractivity contribution in [3.05, 3.63) is 40.4 Å². The van der Waals surface area contributed by atoms with Crippen molar-refractivity contribution in [2.75, 3.05) is 0 Å². The largest absolute Gasteiger partial charge is 0.287 e. The molecule has 0 N–H and O–H groups in total. The van der Waals surface area contributed by atoms with Crippen LogP contribution in [-0.4, -0.2) is 29.8 Å². The number of hydrogen-bond donors (Lipinski definition) is 0. The Morgan fingerprint density at radius 3 is 2.76 bits per heavy atom. The van der Waals surface area contributed by atoms with Crippen molar-refractivity contribution in [1.82, 2.24) is 29.8 Å². The zero-order valence-electron chi connectivity index (χ0n) is 14.6. The van der Waals surface area contributed by atoms with Gasteiger partial charge in [0.25, 0.3) is 5.56 Å². The molecule has 0 saturated carbocycles. The van der Waals surface area contributed by atoms with Gasteiger partial charge in [-0.2, -0.15) is 0 Å². The number of tetrazole rings is 1. The Morgan fingerprint density at radius 1 is 1.12 bits per heavy atom. The van der Waals surface area contributed by atoms with Crippen LogP contribution in [0.3, 0.4) is 0 Å². The molecule has 8 heteroatoms. The molecule has 132 valence electrons. The lowest BCUT2D eigenvalue weighted by atomic mass is 10.2. The molecule has 0 saturated heterocycles. The fourth-order valence-electron chi connectivity index (χ4n) is 2.62. The molecule has 3 aromatic rings. The molecule has 7 nitrogen and oxygen atoms in total. The molecular formula is C17H22N6OS. The van der Waals surface area contributed by atoms with E-state index in [1.807, 2.05) is 28.9 Å². The van der Waals surface area contributed by atoms with Gasteiger partial charge in [0.1, 0.15) is 0 Å². The lowest BCUT2D eigenvalue weighted by molar-refractivity contribution is 0.540. The molecule has 0 bridgehead atoms. The minimum absolute atomic E-state index is 0.0144. The van der Waals surface area contributed by atoms with Crippen LogP contribution in [0.1, 0.15) is 38.9 Å². The van der Waals surface area contributed by atoms with Crippen LogP contribution in [0.5, 0.6) is 0 Å². The quantitative estimate of drug-likeness (QED) is 0.455. The van der Waals surface area contributed by atoms with Gasteiger partial charge in [-0.1, -0.05) is 44.2 Å². The molecule has 3 rings (SSSR count). The third-order valence-electron chi connectivity index (χ3n) is 3.93. The first-order valence-electron chi connectivity index (χ1n) is 8.62. The number of benzene rings is 1. The van der Waals surface area contributed by atoms with Gasteiger partial charge in [0.15, 0.2) is 11.0 Å². The monoisotopic (exact) mass is 358 g/mol. The Morgan fingerprint density at radius 2 is 1.96 bits per heavy atom. The van der Waals surface area contributed by atoms with Crippen LogP contribution in [-0.2, 0) is 18.8 Å². The topological polar surface area (TPSA) is 78.5 Å². The van der Waals surface area contributed by atoms with Crippen LogP contribution in [0.2, 0.25) is 0 Å². The van der Waals surface area contributed by atoms with Crippen LogP contribution >= 0.6 is 11.8 Å². The summed E-state index contributed by atoms with van der Waals surface area (Å²) >= 11 is 1.51. The lowest BCUT2D eigenvalue weighted by Gasteiger charge is -2.12. The number of para-hydroxylation sites is 1. The highest BCUT2D eigenvalue weighted by atomic mass is 32.2. The summed E-state index contributed by atoms with van der Waals surface area (Å²) in [6.07, 6.45) is 3.01. The molecule has 0 aliphatic rings. The van der Waals surface area contributed by atoms with Crippen LogP contribution in [0.25, 0.3) is 10.9 Å². The molecule has 0 spiro atoms. The zero-order chi connectivity index (χ0) is 17.6. The second kappa shape index (κ2) is 8.24. The van der Waals surface area contributed by atoms with E-state index in [4.69, 9.17) is 4.98 Å². The standard InChI is InChI=1S/C17H22N6OS/c1-3-5-11-23-15(19-20-21-23)12-25-17-18-14-9-7-6-8-13(14)16(24)22(17)10-4-2/h6-9H,3-5,10-12H2,1-2H3. The van der Waals surface area contributed by atoms with E-state index < -0.39 is 0 Å². The Hall–Kier alpha value is -2.22. The van der Waals surface area contributed by atoms with Gasteiger partial charge in [0.2, 0.25) is 0 Å². The smallest absolute Gasteiger partial charge is 0.262 e. The fraction of sp³-hybridized carbons (Fsp3) is 0.471. The van der Waals surface area contributed by atoms with Crippen LogP contribution in [0, 0.1) is 0 Å². The highest BCUT2D eigenvalue weighted by molar-refractivity contribution is 7.98. The summed E-state index contributed by atoms with van der Waals surface area (Å²) in [5.74, 6) is 1.40. The molecule has 0 amide bonds. The van der Waals surface area contributed by atoms with E-state index >= 15 is 0 Å². The number of fused-ring (bicyclic) bond motifs is 1. The molecule has 1 aromatic carbocycles. The van der Waals surface area contributed by atoms with E-state index in [1.54, 1.807) is 4.57 Å². The zero-order valence-corrected chi connectivity index (χ0v) is 15.4. The summed E-state index contributed by atoms with van der Waals surface area (Å²) in [6.45, 7) is 5.66. The maximum absolute atomic E-state index is 12.8. The van der Waals surface area contributed by atoms with E-state index in [1.165, 1.54) is 11.8 Å². The Labute approximate surface area is 150 Å². The molecule has 0 radical (unpaired) electrons. The molecule has 0 aliphatic carbocycles. The number of aromatic nitrogens is 6. The summed E-state index contributed by atoms with van der Waals surface area (Å²) in [5, 5.41) is 13.3. The van der Waals surface area contributed by atoms with Crippen molar-refractivity contribution in [3.63, 3.8) is 0 Å².